The van der Waals surface area contributed by atoms with E-state index in [1.54, 1.807) is 66.2 Å². The monoisotopic (exact) mass is 415 g/mol. The van der Waals surface area contributed by atoms with E-state index in [-0.39, 0.29) is 11.1 Å². The number of rotatable bonds is 4. The highest BCUT2D eigenvalue weighted by Crippen LogP contribution is 2.25. The van der Waals surface area contributed by atoms with Crippen molar-refractivity contribution in [2.24, 2.45) is 0 Å². The standard InChI is InChI=1S/C23H17N3O5/c1-14-5-2-3-7-19(14)26-21(28)18(20(27)24-23(26)31)13-17-6-4-12-25(17)16-10-8-15(9-11-16)22(29)30/h2-13H,1H3,(H,29,30)(H,24,27,31)/b18-13-. The Labute approximate surface area is 177 Å². The lowest BCUT2D eigenvalue weighted by atomic mass is 10.1. The Balaban J connectivity index is 1.73. The van der Waals surface area contributed by atoms with Gasteiger partial charge >= 0.3 is 12.0 Å². The number of hydrogen-bond donors (Lipinski definition) is 2. The van der Waals surface area contributed by atoms with Crippen LogP contribution in [0.5, 0.6) is 0 Å². The molecule has 1 aliphatic heterocycles. The molecule has 2 heterocycles. The molecule has 0 bridgehead atoms. The number of carbonyl (C=O) groups excluding carboxylic acids is 3. The molecule has 0 unspecified atom stereocenters. The molecule has 4 rings (SSSR count). The van der Waals surface area contributed by atoms with Crippen LogP contribution in [0.3, 0.4) is 0 Å². The van der Waals surface area contributed by atoms with E-state index in [1.807, 2.05) is 0 Å². The number of benzene rings is 2. The number of hydrogen-bond acceptors (Lipinski definition) is 4. The van der Waals surface area contributed by atoms with E-state index < -0.39 is 23.8 Å². The number of aryl methyl sites for hydroxylation is 1. The first-order valence-electron chi connectivity index (χ1n) is 9.35. The Hall–Kier alpha value is -4.46. The summed E-state index contributed by atoms with van der Waals surface area (Å²) in [5.74, 6) is -2.54. The molecule has 0 atom stereocenters. The van der Waals surface area contributed by atoms with Gasteiger partial charge in [-0.2, -0.15) is 0 Å². The molecule has 1 aliphatic rings. The van der Waals surface area contributed by atoms with Crippen molar-refractivity contribution in [2.45, 2.75) is 6.92 Å². The number of carbonyl (C=O) groups is 4. The summed E-state index contributed by atoms with van der Waals surface area (Å²) in [6.07, 6.45) is 3.12. The van der Waals surface area contributed by atoms with E-state index in [4.69, 9.17) is 5.11 Å². The fourth-order valence-corrected chi connectivity index (χ4v) is 3.35. The molecule has 4 amide bonds. The van der Waals surface area contributed by atoms with Crippen molar-refractivity contribution in [1.82, 2.24) is 9.88 Å². The van der Waals surface area contributed by atoms with Crippen molar-refractivity contribution in [3.8, 4) is 5.69 Å². The van der Waals surface area contributed by atoms with Crippen LogP contribution in [0, 0.1) is 6.92 Å². The fourth-order valence-electron chi connectivity index (χ4n) is 3.35. The summed E-state index contributed by atoms with van der Waals surface area (Å²) in [6.45, 7) is 1.77. The van der Waals surface area contributed by atoms with Gasteiger partial charge in [-0.05, 0) is 61.0 Å². The minimum absolute atomic E-state index is 0.144. The van der Waals surface area contributed by atoms with Gasteiger partial charge in [-0.25, -0.2) is 14.5 Å². The molecular formula is C23H17N3O5. The van der Waals surface area contributed by atoms with Crippen molar-refractivity contribution < 1.29 is 24.3 Å². The zero-order valence-electron chi connectivity index (χ0n) is 16.4. The number of anilines is 1. The van der Waals surface area contributed by atoms with Gasteiger partial charge in [0.1, 0.15) is 5.57 Å². The van der Waals surface area contributed by atoms with Gasteiger partial charge in [-0.3, -0.25) is 14.9 Å². The average Bonchev–Trinajstić information content (AvgIpc) is 3.20. The lowest BCUT2D eigenvalue weighted by Crippen LogP contribution is -2.54. The van der Waals surface area contributed by atoms with Crippen LogP contribution in [0.2, 0.25) is 0 Å². The van der Waals surface area contributed by atoms with Crippen molar-refractivity contribution >= 4 is 35.6 Å². The van der Waals surface area contributed by atoms with Gasteiger partial charge in [0.2, 0.25) is 0 Å². The predicted octanol–water partition coefficient (Wildman–Crippen LogP) is 3.15. The van der Waals surface area contributed by atoms with Crippen LogP contribution in [0.25, 0.3) is 11.8 Å². The van der Waals surface area contributed by atoms with Gasteiger partial charge in [0.05, 0.1) is 11.3 Å². The fraction of sp³-hybridized carbons (Fsp3) is 0.0435. The third-order valence-electron chi connectivity index (χ3n) is 4.92. The highest BCUT2D eigenvalue weighted by molar-refractivity contribution is 6.39. The summed E-state index contributed by atoms with van der Waals surface area (Å²) in [6, 6.07) is 15.7. The summed E-state index contributed by atoms with van der Waals surface area (Å²) in [5, 5.41) is 11.3. The van der Waals surface area contributed by atoms with Gasteiger partial charge < -0.3 is 9.67 Å². The van der Waals surface area contributed by atoms with E-state index in [2.05, 4.69) is 5.32 Å². The number of amides is 4. The predicted molar refractivity (Wildman–Crippen MR) is 113 cm³/mol. The largest absolute Gasteiger partial charge is 0.478 e. The van der Waals surface area contributed by atoms with Crippen LogP contribution in [-0.4, -0.2) is 33.5 Å². The lowest BCUT2D eigenvalue weighted by Gasteiger charge is -2.27. The minimum atomic E-state index is -1.04. The Morgan fingerprint density at radius 1 is 0.968 bits per heavy atom. The molecule has 0 aliphatic carbocycles. The molecule has 0 radical (unpaired) electrons. The summed E-state index contributed by atoms with van der Waals surface area (Å²) < 4.78 is 1.70. The Morgan fingerprint density at radius 2 is 1.68 bits per heavy atom. The topological polar surface area (TPSA) is 109 Å². The maximum absolute atomic E-state index is 13.1. The first-order valence-corrected chi connectivity index (χ1v) is 9.35. The van der Waals surface area contributed by atoms with Crippen LogP contribution < -0.4 is 10.2 Å². The number of aromatic nitrogens is 1. The number of imide groups is 2. The van der Waals surface area contributed by atoms with E-state index in [0.29, 0.717) is 22.6 Å². The zero-order chi connectivity index (χ0) is 22.1. The second kappa shape index (κ2) is 7.75. The summed E-state index contributed by atoms with van der Waals surface area (Å²) in [7, 11) is 0. The molecule has 2 N–H and O–H groups in total. The smallest absolute Gasteiger partial charge is 0.335 e. The second-order valence-electron chi connectivity index (χ2n) is 6.90. The highest BCUT2D eigenvalue weighted by Gasteiger charge is 2.37. The molecule has 3 aromatic rings. The summed E-state index contributed by atoms with van der Waals surface area (Å²) in [4.78, 5) is 49.9. The quantitative estimate of drug-likeness (QED) is 0.503. The maximum Gasteiger partial charge on any atom is 0.335 e. The first kappa shape index (κ1) is 19.8. The van der Waals surface area contributed by atoms with Gasteiger partial charge in [0, 0.05) is 17.6 Å². The molecule has 8 heteroatoms. The molecule has 8 nitrogen and oxygen atoms in total. The SMILES string of the molecule is Cc1ccccc1N1C(=O)NC(=O)/C(=C/c2cccn2-c2ccc(C(=O)O)cc2)C1=O. The van der Waals surface area contributed by atoms with E-state index in [9.17, 15) is 19.2 Å². The van der Waals surface area contributed by atoms with Crippen LogP contribution in [0.1, 0.15) is 21.6 Å². The normalized spacial score (nSPS) is 15.3. The highest BCUT2D eigenvalue weighted by atomic mass is 16.4. The maximum atomic E-state index is 13.1. The lowest BCUT2D eigenvalue weighted by molar-refractivity contribution is -0.122. The number of urea groups is 1. The zero-order valence-corrected chi connectivity index (χ0v) is 16.4. The molecule has 31 heavy (non-hydrogen) atoms. The number of nitrogens with one attached hydrogen (secondary N) is 1. The molecule has 2 aromatic carbocycles. The summed E-state index contributed by atoms with van der Waals surface area (Å²) >= 11 is 0. The van der Waals surface area contributed by atoms with Gasteiger partial charge in [0.25, 0.3) is 11.8 Å². The number of nitrogens with zero attached hydrogens (tertiary/aromatic N) is 2. The van der Waals surface area contributed by atoms with Crippen LogP contribution in [0.15, 0.2) is 72.4 Å². The van der Waals surface area contributed by atoms with Crippen LogP contribution in [0.4, 0.5) is 10.5 Å². The van der Waals surface area contributed by atoms with Crippen molar-refractivity contribution in [3.05, 3.63) is 89.3 Å². The molecule has 0 saturated carbocycles. The van der Waals surface area contributed by atoms with Gasteiger partial charge in [-0.15, -0.1) is 0 Å². The first-order chi connectivity index (χ1) is 14.9. The Morgan fingerprint density at radius 3 is 2.35 bits per heavy atom. The number of barbiturate groups is 1. The van der Waals surface area contributed by atoms with Crippen molar-refractivity contribution in [3.63, 3.8) is 0 Å². The van der Waals surface area contributed by atoms with E-state index >= 15 is 0 Å². The molecule has 1 fully saturated rings. The number of carboxylic acid groups (broad SMARTS) is 1. The van der Waals surface area contributed by atoms with Crippen LogP contribution >= 0.6 is 0 Å². The molecule has 1 saturated heterocycles. The molecule has 1 aromatic heterocycles. The van der Waals surface area contributed by atoms with Crippen molar-refractivity contribution in [1.29, 1.82) is 0 Å². The number of carboxylic acids is 1. The van der Waals surface area contributed by atoms with Crippen LogP contribution in [-0.2, 0) is 9.59 Å². The Bertz CT molecular complexity index is 1250. The summed E-state index contributed by atoms with van der Waals surface area (Å²) in [5.41, 5.74) is 2.22. The van der Waals surface area contributed by atoms with E-state index in [1.165, 1.54) is 18.2 Å². The Kier molecular flexibility index (Phi) is 4.96. The molecular weight excluding hydrogens is 398 g/mol. The number of aromatic carboxylic acids is 1. The average molecular weight is 415 g/mol. The third kappa shape index (κ3) is 3.62. The minimum Gasteiger partial charge on any atom is -0.478 e. The third-order valence-corrected chi connectivity index (χ3v) is 4.92. The van der Waals surface area contributed by atoms with Crippen molar-refractivity contribution in [2.75, 3.05) is 4.90 Å². The van der Waals surface area contributed by atoms with Gasteiger partial charge in [0.15, 0.2) is 0 Å². The van der Waals surface area contributed by atoms with E-state index in [0.717, 1.165) is 4.90 Å². The number of para-hydroxylation sites is 1. The molecule has 154 valence electrons. The molecule has 0 spiro atoms. The second-order valence-corrected chi connectivity index (χ2v) is 6.90. The van der Waals surface area contributed by atoms with Gasteiger partial charge in [-0.1, -0.05) is 18.2 Å².